The van der Waals surface area contributed by atoms with Crippen molar-refractivity contribution in [1.29, 1.82) is 0 Å². The third-order valence-corrected chi connectivity index (χ3v) is 5.59. The van der Waals surface area contributed by atoms with E-state index in [9.17, 15) is 4.79 Å². The van der Waals surface area contributed by atoms with Crippen LogP contribution in [0.15, 0.2) is 42.6 Å². The predicted octanol–water partition coefficient (Wildman–Crippen LogP) is 3.41. The van der Waals surface area contributed by atoms with E-state index in [1.807, 2.05) is 41.9 Å². The van der Waals surface area contributed by atoms with Crippen molar-refractivity contribution in [2.75, 3.05) is 11.4 Å². The molecule has 136 valence electrons. The number of fused-ring (bicyclic) bond motifs is 2. The molecule has 6 heteroatoms. The summed E-state index contributed by atoms with van der Waals surface area (Å²) in [5, 5.41) is 14.1. The van der Waals surface area contributed by atoms with Crippen LogP contribution in [0.4, 0.5) is 5.69 Å². The first-order valence-corrected chi connectivity index (χ1v) is 9.29. The summed E-state index contributed by atoms with van der Waals surface area (Å²) in [5.74, 6) is 0.317. The number of rotatable bonds is 3. The number of aryl methyl sites for hydroxylation is 1. The molecule has 1 N–H and O–H groups in total. The number of nitrogens with zero attached hydrogens (tertiary/aromatic N) is 4. The smallest absolute Gasteiger partial charge is 0.229 e. The van der Waals surface area contributed by atoms with Crippen LogP contribution in [0.5, 0.6) is 0 Å². The predicted molar refractivity (Wildman–Crippen MR) is 106 cm³/mol. The van der Waals surface area contributed by atoms with Crippen LogP contribution >= 0.6 is 0 Å². The molecule has 2 aromatic heterocycles. The third kappa shape index (κ3) is 2.60. The molecule has 1 aliphatic heterocycles. The van der Waals surface area contributed by atoms with E-state index in [-0.39, 0.29) is 11.8 Å². The minimum absolute atomic E-state index is 0.107. The van der Waals surface area contributed by atoms with Crippen LogP contribution in [0.1, 0.15) is 24.6 Å². The molecule has 0 radical (unpaired) electrons. The zero-order valence-electron chi connectivity index (χ0n) is 15.4. The molecule has 0 bridgehead atoms. The monoisotopic (exact) mass is 359 g/mol. The van der Waals surface area contributed by atoms with Gasteiger partial charge in [0.1, 0.15) is 0 Å². The molecule has 27 heavy (non-hydrogen) atoms. The van der Waals surface area contributed by atoms with Gasteiger partial charge in [-0.1, -0.05) is 13.0 Å². The van der Waals surface area contributed by atoms with Gasteiger partial charge in [0.15, 0.2) is 0 Å². The van der Waals surface area contributed by atoms with Crippen molar-refractivity contribution in [3.8, 4) is 0 Å². The number of hydrogen-bond acceptors (Lipinski definition) is 3. The summed E-state index contributed by atoms with van der Waals surface area (Å²) in [6.45, 7) is 2.79. The van der Waals surface area contributed by atoms with Crippen molar-refractivity contribution >= 4 is 33.4 Å². The van der Waals surface area contributed by atoms with Crippen LogP contribution < -0.4 is 4.90 Å². The lowest BCUT2D eigenvalue weighted by molar-refractivity contribution is -0.119. The van der Waals surface area contributed by atoms with Crippen molar-refractivity contribution in [2.24, 2.45) is 13.0 Å². The Morgan fingerprint density at radius 1 is 1.22 bits per heavy atom. The van der Waals surface area contributed by atoms with Gasteiger partial charge in [0, 0.05) is 48.1 Å². The Labute approximate surface area is 156 Å². The fourth-order valence-electron chi connectivity index (χ4n) is 3.96. The van der Waals surface area contributed by atoms with Crippen LogP contribution in [-0.4, -0.2) is 32.4 Å². The molecule has 1 aliphatic rings. The van der Waals surface area contributed by atoms with Gasteiger partial charge in [-0.25, -0.2) is 0 Å². The molecule has 0 aliphatic carbocycles. The number of anilines is 1. The SMILES string of the molecule is C[C@@H]1CCN(c2ccc3n[nH]c(Cc4ccc5c(cnn5C)c4)c3c2)C1=O. The molecule has 3 heterocycles. The number of hydrogen-bond donors (Lipinski definition) is 1. The zero-order valence-corrected chi connectivity index (χ0v) is 15.4. The average Bonchev–Trinajstić information content (AvgIpc) is 3.34. The van der Waals surface area contributed by atoms with Crippen LogP contribution in [0.2, 0.25) is 0 Å². The van der Waals surface area contributed by atoms with Gasteiger partial charge in [-0.15, -0.1) is 0 Å². The molecule has 1 fully saturated rings. The molecule has 2 aromatic carbocycles. The lowest BCUT2D eigenvalue weighted by atomic mass is 10.0. The van der Waals surface area contributed by atoms with E-state index >= 15 is 0 Å². The fraction of sp³-hybridized carbons (Fsp3) is 0.286. The van der Waals surface area contributed by atoms with Crippen LogP contribution in [0.25, 0.3) is 21.8 Å². The van der Waals surface area contributed by atoms with Crippen molar-refractivity contribution in [2.45, 2.75) is 19.8 Å². The first kappa shape index (κ1) is 16.1. The minimum atomic E-state index is 0.107. The van der Waals surface area contributed by atoms with Gasteiger partial charge in [-0.05, 0) is 42.3 Å². The first-order valence-electron chi connectivity index (χ1n) is 9.29. The summed E-state index contributed by atoms with van der Waals surface area (Å²) in [6, 6.07) is 12.5. The lowest BCUT2D eigenvalue weighted by Gasteiger charge is -2.16. The van der Waals surface area contributed by atoms with Crippen molar-refractivity contribution < 1.29 is 4.79 Å². The molecular formula is C21H21N5O. The van der Waals surface area contributed by atoms with E-state index in [1.54, 1.807) is 0 Å². The number of nitrogens with one attached hydrogen (secondary N) is 1. The summed E-state index contributed by atoms with van der Waals surface area (Å²) in [7, 11) is 1.95. The van der Waals surface area contributed by atoms with E-state index in [0.29, 0.717) is 0 Å². The Bertz CT molecular complexity index is 1170. The zero-order chi connectivity index (χ0) is 18.5. The molecule has 4 aromatic rings. The summed E-state index contributed by atoms with van der Waals surface area (Å²) >= 11 is 0. The molecular weight excluding hydrogens is 338 g/mol. The highest BCUT2D eigenvalue weighted by molar-refractivity contribution is 5.99. The molecule has 6 nitrogen and oxygen atoms in total. The molecule has 1 saturated heterocycles. The number of aromatic amines is 1. The van der Waals surface area contributed by atoms with Crippen LogP contribution in [0, 0.1) is 5.92 Å². The van der Waals surface area contributed by atoms with E-state index < -0.39 is 0 Å². The van der Waals surface area contributed by atoms with Gasteiger partial charge in [-0.2, -0.15) is 10.2 Å². The van der Waals surface area contributed by atoms with Gasteiger partial charge in [0.25, 0.3) is 0 Å². The summed E-state index contributed by atoms with van der Waals surface area (Å²) in [5.41, 5.74) is 5.28. The fourth-order valence-corrected chi connectivity index (χ4v) is 3.96. The van der Waals surface area contributed by atoms with E-state index in [4.69, 9.17) is 0 Å². The molecule has 1 amide bonds. The first-order chi connectivity index (χ1) is 13.1. The highest BCUT2D eigenvalue weighted by Gasteiger charge is 2.29. The number of carbonyl (C=O) groups is 1. The van der Waals surface area contributed by atoms with Gasteiger partial charge >= 0.3 is 0 Å². The van der Waals surface area contributed by atoms with Gasteiger partial charge in [0.05, 0.1) is 17.2 Å². The molecule has 0 unspecified atom stereocenters. The van der Waals surface area contributed by atoms with E-state index in [2.05, 4.69) is 39.6 Å². The summed E-state index contributed by atoms with van der Waals surface area (Å²) < 4.78 is 1.88. The third-order valence-electron chi connectivity index (χ3n) is 5.59. The van der Waals surface area contributed by atoms with E-state index in [0.717, 1.165) is 52.6 Å². The Hall–Kier alpha value is -3.15. The number of aromatic nitrogens is 4. The topological polar surface area (TPSA) is 66.8 Å². The standard InChI is InChI=1S/C21H21N5O/c1-13-7-8-26(21(13)27)16-4-5-18-17(11-16)19(24-23-18)10-14-3-6-20-15(9-14)12-22-25(20)2/h3-6,9,11-13H,7-8,10H2,1-2H3,(H,23,24)/t13-/m1/s1. The lowest BCUT2D eigenvalue weighted by Crippen LogP contribution is -2.25. The number of amides is 1. The Balaban J connectivity index is 1.50. The second-order valence-electron chi connectivity index (χ2n) is 7.42. The molecule has 0 saturated carbocycles. The maximum atomic E-state index is 12.4. The highest BCUT2D eigenvalue weighted by atomic mass is 16.2. The average molecular weight is 359 g/mol. The van der Waals surface area contributed by atoms with Crippen LogP contribution in [0.3, 0.4) is 0 Å². The Morgan fingerprint density at radius 2 is 2.11 bits per heavy atom. The minimum Gasteiger partial charge on any atom is -0.312 e. The van der Waals surface area contributed by atoms with Crippen molar-refractivity contribution in [3.63, 3.8) is 0 Å². The highest BCUT2D eigenvalue weighted by Crippen LogP contribution is 2.29. The number of benzene rings is 2. The molecule has 5 rings (SSSR count). The van der Waals surface area contributed by atoms with Gasteiger partial charge in [-0.3, -0.25) is 14.6 Å². The van der Waals surface area contributed by atoms with E-state index in [1.165, 1.54) is 5.56 Å². The van der Waals surface area contributed by atoms with Crippen molar-refractivity contribution in [1.82, 2.24) is 20.0 Å². The second kappa shape index (κ2) is 5.94. The Kier molecular flexibility index (Phi) is 3.53. The normalized spacial score (nSPS) is 17.5. The molecule has 1 atom stereocenters. The number of H-pyrrole nitrogens is 1. The maximum Gasteiger partial charge on any atom is 0.229 e. The quantitative estimate of drug-likeness (QED) is 0.609. The van der Waals surface area contributed by atoms with Crippen LogP contribution in [-0.2, 0) is 18.3 Å². The maximum absolute atomic E-state index is 12.4. The van der Waals surface area contributed by atoms with Gasteiger partial charge < -0.3 is 4.90 Å². The second-order valence-corrected chi connectivity index (χ2v) is 7.42. The molecule has 0 spiro atoms. The van der Waals surface area contributed by atoms with Crippen molar-refractivity contribution in [3.05, 3.63) is 53.9 Å². The van der Waals surface area contributed by atoms with Gasteiger partial charge in [0.2, 0.25) is 5.91 Å². The summed E-state index contributed by atoms with van der Waals surface area (Å²) in [6.07, 6.45) is 3.57. The summed E-state index contributed by atoms with van der Waals surface area (Å²) in [4.78, 5) is 14.3. The number of carbonyl (C=O) groups excluding carboxylic acids is 1. The Morgan fingerprint density at radius 3 is 2.93 bits per heavy atom. The largest absolute Gasteiger partial charge is 0.312 e.